The monoisotopic (exact) mass is 443 g/mol. The van der Waals surface area contributed by atoms with E-state index in [4.69, 9.17) is 9.72 Å². The van der Waals surface area contributed by atoms with E-state index in [-0.39, 0.29) is 24.3 Å². The lowest BCUT2D eigenvalue weighted by molar-refractivity contribution is -0.0140. The van der Waals surface area contributed by atoms with Crippen molar-refractivity contribution in [2.45, 2.75) is 66.3 Å². The number of ether oxygens (including phenoxy) is 1. The molecule has 2 aromatic heterocycles. The molecule has 1 aromatic carbocycles. The average molecular weight is 444 g/mol. The van der Waals surface area contributed by atoms with Crippen molar-refractivity contribution in [3.8, 4) is 11.1 Å². The molecule has 6 nitrogen and oxygen atoms in total. The molecule has 0 aliphatic rings. The van der Waals surface area contributed by atoms with E-state index < -0.39 is 6.10 Å². The minimum absolute atomic E-state index is 0.0765. The summed E-state index contributed by atoms with van der Waals surface area (Å²) < 4.78 is 5.53. The standard InChI is InChI=1S/C24H33N3O3S/c1-14(2)27(10-18(28)12-30-15(3)4)11-21-25-23(29)22-20(13-31-24(22)26-21)19-9-16(5)7-8-17(19)6/h7-9,13-15,18,28H,10-12H2,1-6H3,(H,25,26,29)/t18-/m0/s1. The number of H-pyrrole nitrogens is 1. The zero-order chi connectivity index (χ0) is 22.7. The first kappa shape index (κ1) is 23.6. The third-order valence-electron chi connectivity index (χ3n) is 5.33. The molecule has 0 saturated carbocycles. The lowest BCUT2D eigenvalue weighted by Gasteiger charge is -2.28. The fourth-order valence-electron chi connectivity index (χ4n) is 3.57. The number of aliphatic hydroxyl groups is 1. The largest absolute Gasteiger partial charge is 0.389 e. The van der Waals surface area contributed by atoms with Crippen molar-refractivity contribution in [1.29, 1.82) is 0 Å². The van der Waals surface area contributed by atoms with E-state index in [9.17, 15) is 9.90 Å². The molecule has 168 valence electrons. The molecule has 0 aliphatic carbocycles. The van der Waals surface area contributed by atoms with Crippen molar-refractivity contribution in [2.24, 2.45) is 0 Å². The topological polar surface area (TPSA) is 78.5 Å². The summed E-state index contributed by atoms with van der Waals surface area (Å²) in [6.07, 6.45) is -0.523. The second kappa shape index (κ2) is 10.0. The summed E-state index contributed by atoms with van der Waals surface area (Å²) in [5, 5.41) is 13.0. The van der Waals surface area contributed by atoms with Crippen LogP contribution < -0.4 is 5.56 Å². The van der Waals surface area contributed by atoms with Crippen LogP contribution in [-0.2, 0) is 11.3 Å². The zero-order valence-electron chi connectivity index (χ0n) is 19.2. The van der Waals surface area contributed by atoms with E-state index in [0.717, 1.165) is 27.1 Å². The Hall–Kier alpha value is -2.06. The Morgan fingerprint density at radius 3 is 2.61 bits per heavy atom. The van der Waals surface area contributed by atoms with Crippen LogP contribution in [0.2, 0.25) is 0 Å². The highest BCUT2D eigenvalue weighted by Gasteiger charge is 2.19. The van der Waals surface area contributed by atoms with Gasteiger partial charge in [-0.2, -0.15) is 0 Å². The summed E-state index contributed by atoms with van der Waals surface area (Å²) in [4.78, 5) is 23.6. The van der Waals surface area contributed by atoms with Crippen LogP contribution in [-0.4, -0.2) is 51.4 Å². The van der Waals surface area contributed by atoms with E-state index in [1.165, 1.54) is 11.3 Å². The number of aliphatic hydroxyl groups excluding tert-OH is 1. The molecule has 0 saturated heterocycles. The maximum Gasteiger partial charge on any atom is 0.260 e. The normalized spacial score (nSPS) is 13.1. The van der Waals surface area contributed by atoms with Gasteiger partial charge in [0.15, 0.2) is 0 Å². The molecule has 0 unspecified atom stereocenters. The fourth-order valence-corrected chi connectivity index (χ4v) is 4.53. The Kier molecular flexibility index (Phi) is 7.64. The van der Waals surface area contributed by atoms with E-state index in [2.05, 4.69) is 55.8 Å². The molecule has 0 radical (unpaired) electrons. The molecule has 0 aliphatic heterocycles. The van der Waals surface area contributed by atoms with Gasteiger partial charge in [0, 0.05) is 23.5 Å². The number of aromatic nitrogens is 2. The van der Waals surface area contributed by atoms with Gasteiger partial charge in [-0.05, 0) is 52.7 Å². The molecule has 1 atom stereocenters. The maximum atomic E-state index is 13.0. The van der Waals surface area contributed by atoms with E-state index in [0.29, 0.717) is 24.3 Å². The first-order chi connectivity index (χ1) is 14.7. The van der Waals surface area contributed by atoms with Crippen molar-refractivity contribution in [2.75, 3.05) is 13.2 Å². The Labute approximate surface area is 187 Å². The quantitative estimate of drug-likeness (QED) is 0.516. The third-order valence-corrected chi connectivity index (χ3v) is 6.20. The summed E-state index contributed by atoms with van der Waals surface area (Å²) in [6.45, 7) is 13.3. The fraction of sp³-hybridized carbons (Fsp3) is 0.500. The minimum atomic E-state index is -0.599. The summed E-state index contributed by atoms with van der Waals surface area (Å²) in [5.41, 5.74) is 4.18. The van der Waals surface area contributed by atoms with Gasteiger partial charge in [-0.1, -0.05) is 23.8 Å². The van der Waals surface area contributed by atoms with Crippen LogP contribution in [0, 0.1) is 13.8 Å². The van der Waals surface area contributed by atoms with Gasteiger partial charge in [0.05, 0.1) is 30.7 Å². The smallest absolute Gasteiger partial charge is 0.260 e. The van der Waals surface area contributed by atoms with Crippen LogP contribution in [0.3, 0.4) is 0 Å². The molecule has 2 N–H and O–H groups in total. The van der Waals surface area contributed by atoms with Crippen molar-refractivity contribution < 1.29 is 9.84 Å². The third kappa shape index (κ3) is 5.80. The molecule has 31 heavy (non-hydrogen) atoms. The molecule has 0 spiro atoms. The number of benzene rings is 1. The summed E-state index contributed by atoms with van der Waals surface area (Å²) in [6, 6.07) is 6.46. The Morgan fingerprint density at radius 2 is 1.94 bits per heavy atom. The van der Waals surface area contributed by atoms with Crippen LogP contribution in [0.5, 0.6) is 0 Å². The molecule has 0 bridgehead atoms. The molecule has 3 rings (SSSR count). The van der Waals surface area contributed by atoms with Gasteiger partial charge >= 0.3 is 0 Å². The maximum absolute atomic E-state index is 13.0. The lowest BCUT2D eigenvalue weighted by Crippen LogP contribution is -2.39. The van der Waals surface area contributed by atoms with Gasteiger partial charge < -0.3 is 14.8 Å². The van der Waals surface area contributed by atoms with Crippen molar-refractivity contribution in [1.82, 2.24) is 14.9 Å². The molecule has 0 fully saturated rings. The molecule has 3 aromatic rings. The van der Waals surface area contributed by atoms with Crippen LogP contribution in [0.1, 0.15) is 44.6 Å². The highest BCUT2D eigenvalue weighted by molar-refractivity contribution is 7.17. The summed E-state index contributed by atoms with van der Waals surface area (Å²) >= 11 is 1.49. The SMILES string of the molecule is Cc1ccc(C)c(-c2csc3nc(CN(C[C@H](O)COC(C)C)C(C)C)[nH]c(=O)c23)c1. The Morgan fingerprint density at radius 1 is 1.19 bits per heavy atom. The number of nitrogens with one attached hydrogen (secondary N) is 1. The predicted molar refractivity (Wildman–Crippen MR) is 128 cm³/mol. The molecular formula is C24H33N3O3S. The van der Waals surface area contributed by atoms with E-state index in [1.807, 2.05) is 19.2 Å². The number of aromatic amines is 1. The number of hydrogen-bond acceptors (Lipinski definition) is 6. The van der Waals surface area contributed by atoms with Crippen LogP contribution in [0.25, 0.3) is 21.3 Å². The lowest BCUT2D eigenvalue weighted by atomic mass is 9.99. The average Bonchev–Trinajstić information content (AvgIpc) is 3.12. The molecule has 7 heteroatoms. The van der Waals surface area contributed by atoms with E-state index >= 15 is 0 Å². The summed E-state index contributed by atoms with van der Waals surface area (Å²) in [7, 11) is 0. The number of fused-ring (bicyclic) bond motifs is 1. The number of aryl methyl sites for hydroxylation is 2. The van der Waals surface area contributed by atoms with Crippen molar-refractivity contribution in [3.05, 3.63) is 50.9 Å². The van der Waals surface area contributed by atoms with Crippen molar-refractivity contribution >= 4 is 21.6 Å². The predicted octanol–water partition coefficient (Wildman–Crippen LogP) is 4.26. The van der Waals surface area contributed by atoms with Gasteiger partial charge in [0.2, 0.25) is 0 Å². The van der Waals surface area contributed by atoms with Gasteiger partial charge in [0.1, 0.15) is 10.7 Å². The molecule has 0 amide bonds. The van der Waals surface area contributed by atoms with Gasteiger partial charge in [-0.15, -0.1) is 11.3 Å². The highest BCUT2D eigenvalue weighted by atomic mass is 32.1. The van der Waals surface area contributed by atoms with Crippen LogP contribution >= 0.6 is 11.3 Å². The Bertz CT molecular complexity index is 1090. The number of hydrogen-bond donors (Lipinski definition) is 2. The highest BCUT2D eigenvalue weighted by Crippen LogP contribution is 2.33. The van der Waals surface area contributed by atoms with E-state index in [1.54, 1.807) is 0 Å². The molecular weight excluding hydrogens is 410 g/mol. The minimum Gasteiger partial charge on any atom is -0.389 e. The van der Waals surface area contributed by atoms with Crippen LogP contribution in [0.15, 0.2) is 28.4 Å². The Balaban J connectivity index is 1.87. The number of thiophene rings is 1. The number of nitrogens with zero attached hydrogens (tertiary/aromatic N) is 2. The van der Waals surface area contributed by atoms with Crippen LogP contribution in [0.4, 0.5) is 0 Å². The number of rotatable bonds is 9. The first-order valence-corrected chi connectivity index (χ1v) is 11.7. The first-order valence-electron chi connectivity index (χ1n) is 10.8. The summed E-state index contributed by atoms with van der Waals surface area (Å²) in [5.74, 6) is 0.609. The van der Waals surface area contributed by atoms with Gasteiger partial charge in [-0.25, -0.2) is 4.98 Å². The zero-order valence-corrected chi connectivity index (χ0v) is 20.0. The molecule has 2 heterocycles. The van der Waals surface area contributed by atoms with Crippen molar-refractivity contribution in [3.63, 3.8) is 0 Å². The second-order valence-electron chi connectivity index (χ2n) is 8.72. The second-order valence-corrected chi connectivity index (χ2v) is 9.58. The van der Waals surface area contributed by atoms with Gasteiger partial charge in [0.25, 0.3) is 5.56 Å². The van der Waals surface area contributed by atoms with Gasteiger partial charge in [-0.3, -0.25) is 9.69 Å².